The SMILES string of the molecule is CCNC(c1ccc(OC)cc1)c1c(F)cccc1OC. The molecule has 0 spiro atoms. The van der Waals surface area contributed by atoms with E-state index < -0.39 is 0 Å². The first kappa shape index (κ1) is 15.3. The topological polar surface area (TPSA) is 30.5 Å². The van der Waals surface area contributed by atoms with E-state index in [1.54, 1.807) is 26.4 Å². The zero-order valence-electron chi connectivity index (χ0n) is 12.5. The van der Waals surface area contributed by atoms with Crippen LogP contribution in [0.2, 0.25) is 0 Å². The Morgan fingerprint density at radius 2 is 1.76 bits per heavy atom. The van der Waals surface area contributed by atoms with Crippen molar-refractivity contribution < 1.29 is 13.9 Å². The fraction of sp³-hybridized carbons (Fsp3) is 0.294. The van der Waals surface area contributed by atoms with Crippen LogP contribution >= 0.6 is 0 Å². The number of hydrogen-bond acceptors (Lipinski definition) is 3. The minimum atomic E-state index is -0.281. The summed E-state index contributed by atoms with van der Waals surface area (Å²) in [6.45, 7) is 2.71. The van der Waals surface area contributed by atoms with Crippen molar-refractivity contribution in [3.8, 4) is 11.5 Å². The molecule has 21 heavy (non-hydrogen) atoms. The smallest absolute Gasteiger partial charge is 0.132 e. The van der Waals surface area contributed by atoms with Gasteiger partial charge in [-0.2, -0.15) is 0 Å². The van der Waals surface area contributed by atoms with Gasteiger partial charge in [0, 0.05) is 0 Å². The Hall–Kier alpha value is -2.07. The molecule has 0 aliphatic heterocycles. The normalized spacial score (nSPS) is 12.0. The van der Waals surface area contributed by atoms with Gasteiger partial charge in [0.2, 0.25) is 0 Å². The summed E-state index contributed by atoms with van der Waals surface area (Å²) in [5.41, 5.74) is 1.48. The van der Waals surface area contributed by atoms with Gasteiger partial charge in [0.05, 0.1) is 25.8 Å². The average molecular weight is 289 g/mol. The molecule has 0 aliphatic rings. The number of rotatable bonds is 6. The maximum atomic E-state index is 14.3. The predicted octanol–water partition coefficient (Wildman–Crippen LogP) is 3.54. The Morgan fingerprint density at radius 1 is 1.05 bits per heavy atom. The van der Waals surface area contributed by atoms with Crippen molar-refractivity contribution in [3.05, 3.63) is 59.4 Å². The van der Waals surface area contributed by atoms with Crippen LogP contribution in [0.5, 0.6) is 11.5 Å². The summed E-state index contributed by atoms with van der Waals surface area (Å²) < 4.78 is 24.8. The van der Waals surface area contributed by atoms with Crippen molar-refractivity contribution in [2.24, 2.45) is 0 Å². The lowest BCUT2D eigenvalue weighted by molar-refractivity contribution is 0.397. The van der Waals surface area contributed by atoms with Crippen LogP contribution in [0, 0.1) is 5.82 Å². The summed E-state index contributed by atoms with van der Waals surface area (Å²) in [5, 5.41) is 3.31. The number of benzene rings is 2. The zero-order valence-corrected chi connectivity index (χ0v) is 12.5. The molecule has 1 atom stereocenters. The monoisotopic (exact) mass is 289 g/mol. The summed E-state index contributed by atoms with van der Waals surface area (Å²) in [7, 11) is 3.17. The van der Waals surface area contributed by atoms with E-state index in [0.717, 1.165) is 11.3 Å². The molecule has 0 fully saturated rings. The summed E-state index contributed by atoms with van der Waals surface area (Å²) >= 11 is 0. The first-order chi connectivity index (χ1) is 10.2. The van der Waals surface area contributed by atoms with Gasteiger partial charge in [0.25, 0.3) is 0 Å². The number of hydrogen-bond donors (Lipinski definition) is 1. The fourth-order valence-corrected chi connectivity index (χ4v) is 2.36. The number of nitrogens with one attached hydrogen (secondary N) is 1. The van der Waals surface area contributed by atoms with E-state index in [4.69, 9.17) is 9.47 Å². The standard InChI is InChI=1S/C17H20FNO2/c1-4-19-17(12-8-10-13(20-2)11-9-12)16-14(18)6-5-7-15(16)21-3/h5-11,17,19H,4H2,1-3H3. The van der Waals surface area contributed by atoms with E-state index in [0.29, 0.717) is 17.9 Å². The van der Waals surface area contributed by atoms with Gasteiger partial charge >= 0.3 is 0 Å². The van der Waals surface area contributed by atoms with Crippen LogP contribution in [-0.2, 0) is 0 Å². The summed E-state index contributed by atoms with van der Waals surface area (Å²) in [5.74, 6) is 1.03. The minimum Gasteiger partial charge on any atom is -0.497 e. The number of ether oxygens (including phenoxy) is 2. The van der Waals surface area contributed by atoms with Crippen LogP contribution in [-0.4, -0.2) is 20.8 Å². The molecular formula is C17H20FNO2. The first-order valence-corrected chi connectivity index (χ1v) is 6.91. The van der Waals surface area contributed by atoms with E-state index in [9.17, 15) is 4.39 Å². The molecule has 2 rings (SSSR count). The van der Waals surface area contributed by atoms with E-state index in [-0.39, 0.29) is 11.9 Å². The lowest BCUT2D eigenvalue weighted by Gasteiger charge is -2.22. The van der Waals surface area contributed by atoms with E-state index in [1.165, 1.54) is 6.07 Å². The molecule has 112 valence electrons. The van der Waals surface area contributed by atoms with Gasteiger partial charge in [0.15, 0.2) is 0 Å². The second kappa shape index (κ2) is 7.09. The van der Waals surface area contributed by atoms with E-state index >= 15 is 0 Å². The van der Waals surface area contributed by atoms with Gasteiger partial charge in [-0.15, -0.1) is 0 Å². The summed E-state index contributed by atoms with van der Waals surface area (Å²) in [4.78, 5) is 0. The largest absolute Gasteiger partial charge is 0.497 e. The lowest BCUT2D eigenvalue weighted by Crippen LogP contribution is -2.23. The highest BCUT2D eigenvalue weighted by molar-refractivity contribution is 5.43. The Balaban J connectivity index is 2.47. The molecule has 0 saturated carbocycles. The maximum Gasteiger partial charge on any atom is 0.132 e. The minimum absolute atomic E-state index is 0.267. The second-order valence-electron chi connectivity index (χ2n) is 4.62. The lowest BCUT2D eigenvalue weighted by atomic mass is 9.97. The Kier molecular flexibility index (Phi) is 5.17. The van der Waals surface area contributed by atoms with Crippen molar-refractivity contribution in [1.29, 1.82) is 0 Å². The molecule has 0 aromatic heterocycles. The summed E-state index contributed by atoms with van der Waals surface area (Å²) in [6.07, 6.45) is 0. The fourth-order valence-electron chi connectivity index (χ4n) is 2.36. The van der Waals surface area contributed by atoms with Gasteiger partial charge in [-0.1, -0.05) is 25.1 Å². The zero-order chi connectivity index (χ0) is 15.2. The van der Waals surface area contributed by atoms with Crippen LogP contribution < -0.4 is 14.8 Å². The Bertz CT molecular complexity index is 584. The van der Waals surface area contributed by atoms with E-state index in [1.807, 2.05) is 31.2 Å². The van der Waals surface area contributed by atoms with Crippen LogP contribution in [0.4, 0.5) is 4.39 Å². The highest BCUT2D eigenvalue weighted by atomic mass is 19.1. The van der Waals surface area contributed by atoms with Crippen molar-refractivity contribution in [1.82, 2.24) is 5.32 Å². The second-order valence-corrected chi connectivity index (χ2v) is 4.62. The van der Waals surface area contributed by atoms with Gasteiger partial charge in [0.1, 0.15) is 17.3 Å². The van der Waals surface area contributed by atoms with Gasteiger partial charge in [-0.25, -0.2) is 4.39 Å². The molecule has 0 bridgehead atoms. The van der Waals surface area contributed by atoms with Gasteiger partial charge in [-0.3, -0.25) is 0 Å². The molecule has 0 heterocycles. The molecule has 4 heteroatoms. The molecule has 2 aromatic carbocycles. The molecule has 0 saturated heterocycles. The van der Waals surface area contributed by atoms with Crippen molar-refractivity contribution in [3.63, 3.8) is 0 Å². The summed E-state index contributed by atoms with van der Waals surface area (Å²) in [6, 6.07) is 12.2. The van der Waals surface area contributed by atoms with Crippen molar-refractivity contribution >= 4 is 0 Å². The Labute approximate surface area is 124 Å². The Morgan fingerprint density at radius 3 is 2.33 bits per heavy atom. The molecule has 0 amide bonds. The van der Waals surface area contributed by atoms with Crippen LogP contribution in [0.25, 0.3) is 0 Å². The number of halogens is 1. The molecular weight excluding hydrogens is 269 g/mol. The third-order valence-corrected chi connectivity index (χ3v) is 3.38. The highest BCUT2D eigenvalue weighted by Crippen LogP contribution is 2.32. The van der Waals surface area contributed by atoms with Gasteiger partial charge < -0.3 is 14.8 Å². The molecule has 2 aromatic rings. The first-order valence-electron chi connectivity index (χ1n) is 6.91. The quantitative estimate of drug-likeness (QED) is 0.882. The average Bonchev–Trinajstić information content (AvgIpc) is 2.53. The van der Waals surface area contributed by atoms with Gasteiger partial charge in [-0.05, 0) is 36.4 Å². The third kappa shape index (κ3) is 3.34. The molecule has 3 nitrogen and oxygen atoms in total. The predicted molar refractivity (Wildman–Crippen MR) is 81.5 cm³/mol. The molecule has 0 aliphatic carbocycles. The van der Waals surface area contributed by atoms with Crippen LogP contribution in [0.3, 0.4) is 0 Å². The van der Waals surface area contributed by atoms with Crippen LogP contribution in [0.15, 0.2) is 42.5 Å². The van der Waals surface area contributed by atoms with E-state index in [2.05, 4.69) is 5.32 Å². The molecule has 0 radical (unpaired) electrons. The van der Waals surface area contributed by atoms with Crippen molar-refractivity contribution in [2.75, 3.05) is 20.8 Å². The molecule has 1 unspecified atom stereocenters. The molecule has 1 N–H and O–H groups in total. The highest BCUT2D eigenvalue weighted by Gasteiger charge is 2.21. The van der Waals surface area contributed by atoms with Crippen molar-refractivity contribution in [2.45, 2.75) is 13.0 Å². The number of methoxy groups -OCH3 is 2. The van der Waals surface area contributed by atoms with Crippen LogP contribution in [0.1, 0.15) is 24.1 Å². The maximum absolute atomic E-state index is 14.3. The third-order valence-electron chi connectivity index (χ3n) is 3.38.